The molecule has 132 valence electrons. The zero-order valence-electron chi connectivity index (χ0n) is 14.6. The molecule has 0 unspecified atom stereocenters. The molecule has 0 atom stereocenters. The Morgan fingerprint density at radius 1 is 0.958 bits per heavy atom. The van der Waals surface area contributed by atoms with E-state index in [1.807, 2.05) is 19.1 Å². The van der Waals surface area contributed by atoms with Gasteiger partial charge in [-0.15, -0.1) is 0 Å². The summed E-state index contributed by atoms with van der Waals surface area (Å²) in [7, 11) is 0. The van der Waals surface area contributed by atoms with E-state index < -0.39 is 0 Å². The first-order valence-electron chi connectivity index (χ1n) is 9.08. The van der Waals surface area contributed by atoms with Crippen LogP contribution in [-0.4, -0.2) is 23.3 Å². The van der Waals surface area contributed by atoms with Crippen LogP contribution in [0.2, 0.25) is 5.02 Å². The van der Waals surface area contributed by atoms with Gasteiger partial charge in [-0.2, -0.15) is 0 Å². The summed E-state index contributed by atoms with van der Waals surface area (Å²) in [6.07, 6.45) is 9.20. The van der Waals surface area contributed by atoms with E-state index in [1.165, 1.54) is 25.7 Å². The highest BCUT2D eigenvalue weighted by molar-refractivity contribution is 6.35. The lowest BCUT2D eigenvalue weighted by Gasteiger charge is -2.10. The molecule has 0 saturated carbocycles. The van der Waals surface area contributed by atoms with Crippen molar-refractivity contribution < 1.29 is 9.84 Å². The number of pyridine rings is 1. The molecule has 1 aromatic carbocycles. The molecule has 1 heterocycles. The van der Waals surface area contributed by atoms with Gasteiger partial charge in [0, 0.05) is 17.7 Å². The van der Waals surface area contributed by atoms with Crippen LogP contribution in [0.25, 0.3) is 10.9 Å². The Balaban J connectivity index is 1.87. The van der Waals surface area contributed by atoms with Crippen LogP contribution in [0.3, 0.4) is 0 Å². The summed E-state index contributed by atoms with van der Waals surface area (Å²) >= 11 is 6.27. The first kappa shape index (κ1) is 19.0. The Kier molecular flexibility index (Phi) is 8.34. The number of hydrogen-bond donors (Lipinski definition) is 1. The Bertz CT molecular complexity index is 630. The Morgan fingerprint density at radius 3 is 2.38 bits per heavy atom. The normalized spacial score (nSPS) is 11.1. The van der Waals surface area contributed by atoms with E-state index in [1.54, 1.807) is 0 Å². The molecule has 0 aliphatic heterocycles. The number of benzene rings is 1. The van der Waals surface area contributed by atoms with Crippen LogP contribution >= 0.6 is 11.6 Å². The Hall–Kier alpha value is -1.32. The molecule has 0 aliphatic rings. The molecule has 0 bridgehead atoms. The average Bonchev–Trinajstić information content (AvgIpc) is 2.60. The molecule has 0 fully saturated rings. The van der Waals surface area contributed by atoms with Crippen molar-refractivity contribution in [2.45, 2.75) is 58.3 Å². The van der Waals surface area contributed by atoms with E-state index in [4.69, 9.17) is 26.4 Å². The smallest absolute Gasteiger partial charge is 0.145 e. The maximum atomic E-state index is 8.75. The Labute approximate surface area is 150 Å². The summed E-state index contributed by atoms with van der Waals surface area (Å²) in [5.74, 6) is 0.808. The minimum atomic E-state index is 0.321. The summed E-state index contributed by atoms with van der Waals surface area (Å²) in [6.45, 7) is 2.92. The van der Waals surface area contributed by atoms with Gasteiger partial charge in [0.25, 0.3) is 0 Å². The van der Waals surface area contributed by atoms with Gasteiger partial charge in [0.1, 0.15) is 11.3 Å². The van der Waals surface area contributed by atoms with Gasteiger partial charge in [0.15, 0.2) is 0 Å². The van der Waals surface area contributed by atoms with Gasteiger partial charge in [-0.05, 0) is 50.5 Å². The topological polar surface area (TPSA) is 42.4 Å². The number of halogens is 1. The zero-order valence-corrected chi connectivity index (χ0v) is 15.3. The van der Waals surface area contributed by atoms with Crippen LogP contribution in [0.5, 0.6) is 5.75 Å². The van der Waals surface area contributed by atoms with Crippen LogP contribution < -0.4 is 4.74 Å². The number of ether oxygens (including phenoxy) is 1. The van der Waals surface area contributed by atoms with Gasteiger partial charge < -0.3 is 9.84 Å². The van der Waals surface area contributed by atoms with Crippen molar-refractivity contribution in [1.29, 1.82) is 0 Å². The number of rotatable bonds is 11. The minimum absolute atomic E-state index is 0.321. The van der Waals surface area contributed by atoms with Crippen LogP contribution in [0.15, 0.2) is 24.3 Å². The fourth-order valence-corrected chi connectivity index (χ4v) is 3.13. The zero-order chi connectivity index (χ0) is 17.2. The molecular weight excluding hydrogens is 322 g/mol. The number of fused-ring (bicyclic) bond motifs is 1. The highest BCUT2D eigenvalue weighted by Gasteiger charge is 2.08. The number of aryl methyl sites for hydroxylation is 1. The molecule has 4 heteroatoms. The first-order chi connectivity index (χ1) is 11.8. The molecule has 0 aliphatic carbocycles. The van der Waals surface area contributed by atoms with Crippen LogP contribution in [0.1, 0.15) is 57.6 Å². The number of nitrogens with zero attached hydrogens (tertiary/aromatic N) is 1. The molecule has 1 N–H and O–H groups in total. The first-order valence-corrected chi connectivity index (χ1v) is 9.46. The summed E-state index contributed by atoms with van der Waals surface area (Å²) in [5.41, 5.74) is 1.97. The van der Waals surface area contributed by atoms with Crippen molar-refractivity contribution in [3.05, 3.63) is 35.0 Å². The van der Waals surface area contributed by atoms with E-state index in [0.717, 1.165) is 53.1 Å². The third kappa shape index (κ3) is 5.64. The summed E-state index contributed by atoms with van der Waals surface area (Å²) < 4.78 is 5.68. The third-order valence-corrected chi connectivity index (χ3v) is 4.55. The summed E-state index contributed by atoms with van der Waals surface area (Å²) in [5, 5.41) is 10.4. The largest absolute Gasteiger partial charge is 0.492 e. The fraction of sp³-hybridized carbons (Fsp3) is 0.550. The SMILES string of the molecule is CCOc1ccc(Cl)c2ccc(CCCCCCCCCO)nc12. The van der Waals surface area contributed by atoms with Gasteiger partial charge >= 0.3 is 0 Å². The predicted octanol–water partition coefficient (Wildman–Crippen LogP) is 5.55. The predicted molar refractivity (Wildman–Crippen MR) is 101 cm³/mol. The summed E-state index contributed by atoms with van der Waals surface area (Å²) in [6, 6.07) is 7.90. The standard InChI is InChI=1S/C20H28ClNO2/c1-2-24-19-14-13-18(21)17-12-11-16(22-20(17)19)10-8-6-4-3-5-7-9-15-23/h11-14,23H,2-10,15H2,1H3. The second-order valence-corrected chi connectivity index (χ2v) is 6.53. The maximum Gasteiger partial charge on any atom is 0.145 e. The van der Waals surface area contributed by atoms with Gasteiger partial charge in [0.05, 0.1) is 11.6 Å². The van der Waals surface area contributed by atoms with Gasteiger partial charge in [-0.1, -0.05) is 43.7 Å². The van der Waals surface area contributed by atoms with Gasteiger partial charge in [-0.3, -0.25) is 0 Å². The van der Waals surface area contributed by atoms with Crippen molar-refractivity contribution in [2.24, 2.45) is 0 Å². The highest BCUT2D eigenvalue weighted by Crippen LogP contribution is 2.30. The number of unbranched alkanes of at least 4 members (excludes halogenated alkanes) is 6. The minimum Gasteiger partial charge on any atom is -0.492 e. The van der Waals surface area contributed by atoms with Gasteiger partial charge in [-0.25, -0.2) is 4.98 Å². The quantitative estimate of drug-likeness (QED) is 0.540. The molecule has 24 heavy (non-hydrogen) atoms. The lowest BCUT2D eigenvalue weighted by atomic mass is 10.1. The van der Waals surface area contributed by atoms with Crippen LogP contribution in [-0.2, 0) is 6.42 Å². The number of hydrogen-bond acceptors (Lipinski definition) is 3. The molecule has 2 rings (SSSR count). The van der Waals surface area contributed by atoms with Crippen molar-refractivity contribution in [2.75, 3.05) is 13.2 Å². The van der Waals surface area contributed by atoms with E-state index in [2.05, 4.69) is 12.1 Å². The van der Waals surface area contributed by atoms with E-state index in [-0.39, 0.29) is 0 Å². The molecule has 1 aromatic heterocycles. The van der Waals surface area contributed by atoms with Crippen molar-refractivity contribution in [3.8, 4) is 5.75 Å². The number of aliphatic hydroxyl groups excluding tert-OH is 1. The van der Waals surface area contributed by atoms with E-state index in [0.29, 0.717) is 13.2 Å². The summed E-state index contributed by atoms with van der Waals surface area (Å²) in [4.78, 5) is 4.78. The molecule has 0 radical (unpaired) electrons. The lowest BCUT2D eigenvalue weighted by Crippen LogP contribution is -1.97. The van der Waals surface area contributed by atoms with Crippen LogP contribution in [0.4, 0.5) is 0 Å². The molecular formula is C20H28ClNO2. The molecule has 0 saturated heterocycles. The Morgan fingerprint density at radius 2 is 1.67 bits per heavy atom. The van der Waals surface area contributed by atoms with E-state index in [9.17, 15) is 0 Å². The van der Waals surface area contributed by atoms with E-state index >= 15 is 0 Å². The molecule has 0 spiro atoms. The maximum absolute atomic E-state index is 8.75. The van der Waals surface area contributed by atoms with Crippen molar-refractivity contribution in [1.82, 2.24) is 4.98 Å². The van der Waals surface area contributed by atoms with Crippen LogP contribution in [0, 0.1) is 0 Å². The number of aromatic nitrogens is 1. The van der Waals surface area contributed by atoms with Crippen molar-refractivity contribution >= 4 is 22.5 Å². The second-order valence-electron chi connectivity index (χ2n) is 6.13. The fourth-order valence-electron chi connectivity index (χ4n) is 2.91. The monoisotopic (exact) mass is 349 g/mol. The molecule has 2 aromatic rings. The van der Waals surface area contributed by atoms with Gasteiger partial charge in [0.2, 0.25) is 0 Å². The molecule has 0 amide bonds. The number of aliphatic hydroxyl groups is 1. The lowest BCUT2D eigenvalue weighted by molar-refractivity contribution is 0.282. The second kappa shape index (κ2) is 10.5. The molecule has 3 nitrogen and oxygen atoms in total. The average molecular weight is 350 g/mol. The third-order valence-electron chi connectivity index (χ3n) is 4.22. The van der Waals surface area contributed by atoms with Crippen molar-refractivity contribution in [3.63, 3.8) is 0 Å². The highest BCUT2D eigenvalue weighted by atomic mass is 35.5.